The molecule has 6 nitrogen and oxygen atoms in total. The Kier molecular flexibility index (Phi) is 3.80. The first-order chi connectivity index (χ1) is 9.52. The quantitative estimate of drug-likeness (QED) is 0.630. The van der Waals surface area contributed by atoms with E-state index < -0.39 is 4.92 Å². The molecular formula is C14H14N4O2. The number of hydrogen-bond acceptors (Lipinski definition) is 5. The molecule has 1 heterocycles. The molecular weight excluding hydrogens is 256 g/mol. The topological polar surface area (TPSA) is 83.1 Å². The van der Waals surface area contributed by atoms with Gasteiger partial charge in [0.2, 0.25) is 0 Å². The summed E-state index contributed by atoms with van der Waals surface area (Å²) in [6.07, 6.45) is 0.413. The Labute approximate surface area is 116 Å². The van der Waals surface area contributed by atoms with Crippen molar-refractivity contribution in [3.8, 4) is 6.07 Å². The van der Waals surface area contributed by atoms with Gasteiger partial charge in [0.25, 0.3) is 5.69 Å². The van der Waals surface area contributed by atoms with Crippen molar-refractivity contribution in [1.29, 1.82) is 5.26 Å². The molecule has 0 bridgehead atoms. The van der Waals surface area contributed by atoms with Gasteiger partial charge in [-0.05, 0) is 25.1 Å². The Morgan fingerprint density at radius 3 is 2.85 bits per heavy atom. The summed E-state index contributed by atoms with van der Waals surface area (Å²) in [7, 11) is 1.88. The van der Waals surface area contributed by atoms with Crippen molar-refractivity contribution in [3.63, 3.8) is 0 Å². The SMILES string of the molecule is CC(CC#N)N(C)c1ccc2cc([N+](=O)[O-])ccc2n1. The van der Waals surface area contributed by atoms with Gasteiger partial charge in [-0.2, -0.15) is 5.26 Å². The fourth-order valence-corrected chi connectivity index (χ4v) is 1.91. The lowest BCUT2D eigenvalue weighted by molar-refractivity contribution is -0.384. The third-order valence-corrected chi connectivity index (χ3v) is 3.28. The van der Waals surface area contributed by atoms with Gasteiger partial charge in [-0.3, -0.25) is 10.1 Å². The summed E-state index contributed by atoms with van der Waals surface area (Å²) < 4.78 is 0. The molecule has 0 aliphatic carbocycles. The second-order valence-electron chi connectivity index (χ2n) is 4.63. The van der Waals surface area contributed by atoms with Gasteiger partial charge in [0, 0.05) is 30.6 Å². The lowest BCUT2D eigenvalue weighted by Crippen LogP contribution is -2.29. The van der Waals surface area contributed by atoms with Crippen LogP contribution in [-0.2, 0) is 0 Å². The van der Waals surface area contributed by atoms with Crippen molar-refractivity contribution in [2.45, 2.75) is 19.4 Å². The molecule has 0 aliphatic rings. The number of nitrogens with zero attached hydrogens (tertiary/aromatic N) is 4. The smallest absolute Gasteiger partial charge is 0.270 e. The van der Waals surface area contributed by atoms with Crippen molar-refractivity contribution < 1.29 is 4.92 Å². The summed E-state index contributed by atoms with van der Waals surface area (Å²) in [4.78, 5) is 16.7. The minimum absolute atomic E-state index is 0.0539. The lowest BCUT2D eigenvalue weighted by Gasteiger charge is -2.24. The van der Waals surface area contributed by atoms with E-state index in [1.54, 1.807) is 18.2 Å². The summed E-state index contributed by atoms with van der Waals surface area (Å²) in [5.41, 5.74) is 0.752. The number of nitriles is 1. The normalized spacial score (nSPS) is 11.8. The van der Waals surface area contributed by atoms with Gasteiger partial charge >= 0.3 is 0 Å². The van der Waals surface area contributed by atoms with Crippen LogP contribution in [0.1, 0.15) is 13.3 Å². The van der Waals surface area contributed by atoms with E-state index in [0.29, 0.717) is 11.9 Å². The Morgan fingerprint density at radius 2 is 2.20 bits per heavy atom. The average molecular weight is 270 g/mol. The molecule has 2 aromatic rings. The maximum Gasteiger partial charge on any atom is 0.270 e. The van der Waals surface area contributed by atoms with Gasteiger partial charge in [-0.1, -0.05) is 0 Å². The van der Waals surface area contributed by atoms with Crippen molar-refractivity contribution in [2.24, 2.45) is 0 Å². The van der Waals surface area contributed by atoms with Crippen LogP contribution >= 0.6 is 0 Å². The summed E-state index contributed by atoms with van der Waals surface area (Å²) in [5, 5.41) is 20.2. The van der Waals surface area contributed by atoms with Crippen LogP contribution in [0.2, 0.25) is 0 Å². The van der Waals surface area contributed by atoms with E-state index >= 15 is 0 Å². The van der Waals surface area contributed by atoms with Crippen molar-refractivity contribution >= 4 is 22.4 Å². The van der Waals surface area contributed by atoms with Crippen molar-refractivity contribution in [1.82, 2.24) is 4.98 Å². The third-order valence-electron chi connectivity index (χ3n) is 3.28. The van der Waals surface area contributed by atoms with Gasteiger partial charge in [-0.15, -0.1) is 0 Å². The minimum Gasteiger partial charge on any atom is -0.356 e. The fourth-order valence-electron chi connectivity index (χ4n) is 1.91. The summed E-state index contributed by atoms with van der Waals surface area (Å²) >= 11 is 0. The van der Waals surface area contributed by atoms with Crippen LogP contribution < -0.4 is 4.90 Å². The average Bonchev–Trinajstić information content (AvgIpc) is 2.45. The Bertz CT molecular complexity index is 693. The van der Waals surface area contributed by atoms with Gasteiger partial charge in [0.05, 0.1) is 22.9 Å². The van der Waals surface area contributed by atoms with E-state index in [1.807, 2.05) is 18.9 Å². The Hall–Kier alpha value is -2.68. The highest BCUT2D eigenvalue weighted by atomic mass is 16.6. The predicted octanol–water partition coefficient (Wildman–Crippen LogP) is 2.88. The van der Waals surface area contributed by atoms with Crippen LogP contribution in [0.5, 0.6) is 0 Å². The summed E-state index contributed by atoms with van der Waals surface area (Å²) in [6.45, 7) is 1.95. The highest BCUT2D eigenvalue weighted by Gasteiger charge is 2.12. The predicted molar refractivity (Wildman–Crippen MR) is 76.5 cm³/mol. The van der Waals surface area contributed by atoms with E-state index in [0.717, 1.165) is 11.2 Å². The van der Waals surface area contributed by atoms with E-state index in [-0.39, 0.29) is 11.7 Å². The molecule has 0 fully saturated rings. The van der Waals surface area contributed by atoms with Crippen LogP contribution in [0.25, 0.3) is 10.9 Å². The standard InChI is InChI=1S/C14H14N4O2/c1-10(7-8-15)17(2)14-6-3-11-9-12(18(19)20)4-5-13(11)16-14/h3-6,9-10H,7H2,1-2H3. The maximum atomic E-state index is 10.7. The van der Waals surface area contributed by atoms with E-state index in [2.05, 4.69) is 11.1 Å². The van der Waals surface area contributed by atoms with Gasteiger partial charge in [-0.25, -0.2) is 4.98 Å². The number of rotatable bonds is 4. The Morgan fingerprint density at radius 1 is 1.45 bits per heavy atom. The number of non-ortho nitro benzene ring substituents is 1. The first kappa shape index (κ1) is 13.7. The summed E-state index contributed by atoms with van der Waals surface area (Å²) in [6, 6.07) is 10.4. The van der Waals surface area contributed by atoms with E-state index in [1.165, 1.54) is 12.1 Å². The molecule has 1 aromatic carbocycles. The van der Waals surface area contributed by atoms with Crippen LogP contribution in [0.15, 0.2) is 30.3 Å². The molecule has 0 saturated carbocycles. The molecule has 20 heavy (non-hydrogen) atoms. The molecule has 0 amide bonds. The number of nitro benzene ring substituents is 1. The number of fused-ring (bicyclic) bond motifs is 1. The van der Waals surface area contributed by atoms with Crippen LogP contribution in [-0.4, -0.2) is 23.0 Å². The number of aromatic nitrogens is 1. The zero-order valence-corrected chi connectivity index (χ0v) is 11.3. The summed E-state index contributed by atoms with van der Waals surface area (Å²) in [5.74, 6) is 0.745. The molecule has 6 heteroatoms. The molecule has 102 valence electrons. The van der Waals surface area contributed by atoms with Crippen molar-refractivity contribution in [3.05, 3.63) is 40.4 Å². The molecule has 0 radical (unpaired) electrons. The molecule has 1 aromatic heterocycles. The van der Waals surface area contributed by atoms with E-state index in [9.17, 15) is 10.1 Å². The monoisotopic (exact) mass is 270 g/mol. The highest BCUT2D eigenvalue weighted by Crippen LogP contribution is 2.23. The van der Waals surface area contributed by atoms with Crippen molar-refractivity contribution in [2.75, 3.05) is 11.9 Å². The number of anilines is 1. The van der Waals surface area contributed by atoms with Crippen LogP contribution in [0.3, 0.4) is 0 Å². The second kappa shape index (κ2) is 5.53. The molecule has 0 saturated heterocycles. The van der Waals surface area contributed by atoms with Crippen LogP contribution in [0, 0.1) is 21.4 Å². The number of benzene rings is 1. The lowest BCUT2D eigenvalue weighted by atomic mass is 10.2. The zero-order chi connectivity index (χ0) is 14.7. The first-order valence-electron chi connectivity index (χ1n) is 6.18. The molecule has 1 unspecified atom stereocenters. The minimum atomic E-state index is -0.422. The van der Waals surface area contributed by atoms with Gasteiger partial charge < -0.3 is 4.90 Å². The van der Waals surface area contributed by atoms with E-state index in [4.69, 9.17) is 5.26 Å². The molecule has 0 spiro atoms. The Balaban J connectivity index is 2.37. The largest absolute Gasteiger partial charge is 0.356 e. The first-order valence-corrected chi connectivity index (χ1v) is 6.18. The molecule has 0 N–H and O–H groups in total. The molecule has 0 aliphatic heterocycles. The number of pyridine rings is 1. The van der Waals surface area contributed by atoms with Crippen LogP contribution in [0.4, 0.5) is 11.5 Å². The zero-order valence-electron chi connectivity index (χ0n) is 11.3. The maximum absolute atomic E-state index is 10.7. The fraction of sp³-hybridized carbons (Fsp3) is 0.286. The highest BCUT2D eigenvalue weighted by molar-refractivity contribution is 5.82. The molecule has 2 rings (SSSR count). The second-order valence-corrected chi connectivity index (χ2v) is 4.63. The molecule has 1 atom stereocenters. The number of hydrogen-bond donors (Lipinski definition) is 0. The number of nitro groups is 1. The van der Waals surface area contributed by atoms with Gasteiger partial charge in [0.1, 0.15) is 5.82 Å². The van der Waals surface area contributed by atoms with Gasteiger partial charge in [0.15, 0.2) is 0 Å². The third kappa shape index (κ3) is 2.67.